The van der Waals surface area contributed by atoms with E-state index in [1.165, 1.54) is 17.0 Å². The summed E-state index contributed by atoms with van der Waals surface area (Å²) in [5.41, 5.74) is 5.46. The maximum absolute atomic E-state index is 12.9. The van der Waals surface area contributed by atoms with Gasteiger partial charge in [-0.15, -0.1) is 0 Å². The third kappa shape index (κ3) is 4.35. The normalized spacial score (nSPS) is 10.8. The summed E-state index contributed by atoms with van der Waals surface area (Å²) in [6.45, 7) is 2.29. The molecule has 1 heterocycles. The number of nitrogens with zero attached hydrogens (tertiary/aromatic N) is 3. The predicted octanol–water partition coefficient (Wildman–Crippen LogP) is 3.12. The van der Waals surface area contributed by atoms with Gasteiger partial charge >= 0.3 is 0 Å². The zero-order valence-corrected chi connectivity index (χ0v) is 16.3. The second kappa shape index (κ2) is 8.27. The summed E-state index contributed by atoms with van der Waals surface area (Å²) in [7, 11) is 0. The molecule has 0 spiro atoms. The highest BCUT2D eigenvalue weighted by molar-refractivity contribution is 6.31. The van der Waals surface area contributed by atoms with Crippen molar-refractivity contribution in [1.82, 2.24) is 14.9 Å². The van der Waals surface area contributed by atoms with Crippen LogP contribution in [0.1, 0.15) is 29.5 Å². The molecule has 150 valence electrons. The summed E-state index contributed by atoms with van der Waals surface area (Å²) in [6.07, 6.45) is 0.645. The van der Waals surface area contributed by atoms with Crippen molar-refractivity contribution in [2.24, 2.45) is 0 Å². The van der Waals surface area contributed by atoms with Crippen LogP contribution in [0.25, 0.3) is 10.9 Å². The molecule has 2 aromatic carbocycles. The average molecular weight is 416 g/mol. The van der Waals surface area contributed by atoms with E-state index in [0.717, 1.165) is 6.07 Å². The minimum Gasteiger partial charge on any atom is -0.393 e. The predicted molar refractivity (Wildman–Crippen MR) is 110 cm³/mol. The number of hydrogen-bond acceptors (Lipinski definition) is 6. The van der Waals surface area contributed by atoms with Crippen molar-refractivity contribution in [1.29, 1.82) is 0 Å². The van der Waals surface area contributed by atoms with E-state index in [9.17, 15) is 19.7 Å². The Hall–Kier alpha value is -3.46. The molecule has 0 aliphatic heterocycles. The zero-order chi connectivity index (χ0) is 21.1. The van der Waals surface area contributed by atoms with E-state index >= 15 is 0 Å². The number of nitrogens with one attached hydrogen (secondary N) is 1. The number of nitrogen functional groups attached to an aromatic ring is 1. The van der Waals surface area contributed by atoms with Gasteiger partial charge in [0.1, 0.15) is 11.5 Å². The molecule has 29 heavy (non-hydrogen) atoms. The second-order valence-electron chi connectivity index (χ2n) is 6.43. The van der Waals surface area contributed by atoms with Crippen molar-refractivity contribution in [3.8, 4) is 0 Å². The molecule has 10 heteroatoms. The Balaban J connectivity index is 1.95. The lowest BCUT2D eigenvalue weighted by molar-refractivity contribution is -0.383. The highest BCUT2D eigenvalue weighted by Crippen LogP contribution is 2.23. The quantitative estimate of drug-likeness (QED) is 0.360. The van der Waals surface area contributed by atoms with Gasteiger partial charge in [-0.2, -0.15) is 0 Å². The van der Waals surface area contributed by atoms with Crippen LogP contribution < -0.4 is 11.3 Å². The molecule has 0 saturated heterocycles. The van der Waals surface area contributed by atoms with Crippen molar-refractivity contribution in [3.05, 3.63) is 73.3 Å². The minimum absolute atomic E-state index is 0.0222. The van der Waals surface area contributed by atoms with Gasteiger partial charge in [0, 0.05) is 23.2 Å². The number of halogens is 1. The monoisotopic (exact) mass is 415 g/mol. The molecule has 1 amide bonds. The highest BCUT2D eigenvalue weighted by atomic mass is 35.5. The van der Waals surface area contributed by atoms with Crippen LogP contribution in [0.15, 0.2) is 41.2 Å². The molecule has 0 aliphatic carbocycles. The number of hydrogen-bond donors (Lipinski definition) is 2. The number of amides is 1. The molecule has 0 radical (unpaired) electrons. The maximum Gasteiger partial charge on any atom is 0.292 e. The lowest BCUT2D eigenvalue weighted by atomic mass is 10.1. The van der Waals surface area contributed by atoms with E-state index in [4.69, 9.17) is 17.3 Å². The van der Waals surface area contributed by atoms with Gasteiger partial charge in [0.2, 0.25) is 0 Å². The number of nitro benzene ring substituents is 1. The fourth-order valence-electron chi connectivity index (χ4n) is 2.96. The van der Waals surface area contributed by atoms with Gasteiger partial charge < -0.3 is 15.6 Å². The first-order valence-electron chi connectivity index (χ1n) is 8.81. The van der Waals surface area contributed by atoms with Crippen LogP contribution in [0.5, 0.6) is 0 Å². The summed E-state index contributed by atoms with van der Waals surface area (Å²) in [6, 6.07) is 8.66. The van der Waals surface area contributed by atoms with Crippen LogP contribution in [0.2, 0.25) is 5.02 Å². The Morgan fingerprint density at radius 2 is 2.07 bits per heavy atom. The van der Waals surface area contributed by atoms with Gasteiger partial charge in [-0.25, -0.2) is 4.98 Å². The van der Waals surface area contributed by atoms with Crippen molar-refractivity contribution < 1.29 is 9.72 Å². The Morgan fingerprint density at radius 3 is 2.76 bits per heavy atom. The smallest absolute Gasteiger partial charge is 0.292 e. The van der Waals surface area contributed by atoms with Crippen LogP contribution in [0, 0.1) is 10.1 Å². The molecule has 0 unspecified atom stereocenters. The molecule has 0 aliphatic rings. The molecular weight excluding hydrogens is 398 g/mol. The van der Waals surface area contributed by atoms with Crippen LogP contribution in [-0.4, -0.2) is 32.2 Å². The maximum atomic E-state index is 12.9. The fraction of sp³-hybridized carbons (Fsp3) is 0.211. The third-order valence-electron chi connectivity index (χ3n) is 4.31. The van der Waals surface area contributed by atoms with E-state index in [1.807, 2.05) is 6.92 Å². The number of H-pyrrole nitrogens is 1. The van der Waals surface area contributed by atoms with Gasteiger partial charge in [0.15, 0.2) is 0 Å². The molecule has 3 rings (SSSR count). The van der Waals surface area contributed by atoms with Crippen molar-refractivity contribution in [2.45, 2.75) is 19.9 Å². The highest BCUT2D eigenvalue weighted by Gasteiger charge is 2.21. The number of nitrogens with two attached hydrogens (primary N) is 1. The van der Waals surface area contributed by atoms with Gasteiger partial charge in [-0.1, -0.05) is 18.5 Å². The third-order valence-corrected chi connectivity index (χ3v) is 4.55. The van der Waals surface area contributed by atoms with Crippen molar-refractivity contribution >= 4 is 39.8 Å². The topological polar surface area (TPSA) is 135 Å². The van der Waals surface area contributed by atoms with E-state index in [2.05, 4.69) is 9.97 Å². The van der Waals surface area contributed by atoms with Crippen LogP contribution in [-0.2, 0) is 6.54 Å². The summed E-state index contributed by atoms with van der Waals surface area (Å²) >= 11 is 5.98. The van der Waals surface area contributed by atoms with Crippen LogP contribution >= 0.6 is 11.6 Å². The van der Waals surface area contributed by atoms with E-state index < -0.39 is 10.8 Å². The molecule has 3 aromatic rings. The summed E-state index contributed by atoms with van der Waals surface area (Å²) < 4.78 is 0. The van der Waals surface area contributed by atoms with Gasteiger partial charge in [-0.05, 0) is 36.8 Å². The molecule has 1 aromatic heterocycles. The Labute approximate surface area is 170 Å². The summed E-state index contributed by atoms with van der Waals surface area (Å²) in [5, 5.41) is 11.9. The molecule has 0 fully saturated rings. The van der Waals surface area contributed by atoms with Gasteiger partial charge in [0.05, 0.1) is 22.4 Å². The minimum atomic E-state index is -0.637. The largest absolute Gasteiger partial charge is 0.393 e. The Morgan fingerprint density at radius 1 is 1.31 bits per heavy atom. The number of rotatable bonds is 6. The number of carbonyl (C=O) groups excluding carboxylic acids is 1. The van der Waals surface area contributed by atoms with E-state index in [-0.39, 0.29) is 34.9 Å². The Kier molecular flexibility index (Phi) is 5.79. The number of aromatic nitrogens is 2. The molecule has 9 nitrogen and oxygen atoms in total. The first-order valence-corrected chi connectivity index (χ1v) is 9.19. The second-order valence-corrected chi connectivity index (χ2v) is 6.87. The average Bonchev–Trinajstić information content (AvgIpc) is 2.67. The number of anilines is 1. The number of aromatic amines is 1. The lowest BCUT2D eigenvalue weighted by Gasteiger charge is -2.22. The number of benzene rings is 2. The van der Waals surface area contributed by atoms with Gasteiger partial charge in [0.25, 0.3) is 17.2 Å². The fourth-order valence-corrected chi connectivity index (χ4v) is 3.12. The number of fused-ring (bicyclic) bond motifs is 1. The first kappa shape index (κ1) is 20.3. The van der Waals surface area contributed by atoms with Crippen LogP contribution in [0.4, 0.5) is 11.4 Å². The number of carbonyl (C=O) groups is 1. The standard InChI is InChI=1S/C19H18ClN5O4/c1-2-7-24(19(27)11-3-6-14(21)16(8-11)25(28)29)10-17-22-15-9-12(20)4-5-13(15)18(26)23-17/h3-6,8-9H,2,7,10,21H2,1H3,(H,22,23,26). The molecule has 3 N–H and O–H groups in total. The molecular formula is C19H18ClN5O4. The zero-order valence-electron chi connectivity index (χ0n) is 15.5. The summed E-state index contributed by atoms with van der Waals surface area (Å²) in [4.78, 5) is 44.3. The number of nitro groups is 1. The van der Waals surface area contributed by atoms with E-state index in [1.54, 1.807) is 18.2 Å². The van der Waals surface area contributed by atoms with Gasteiger partial charge in [-0.3, -0.25) is 19.7 Å². The first-order chi connectivity index (χ1) is 13.8. The van der Waals surface area contributed by atoms with Crippen LogP contribution in [0.3, 0.4) is 0 Å². The molecule has 0 atom stereocenters. The Bertz CT molecular complexity index is 1160. The summed E-state index contributed by atoms with van der Waals surface area (Å²) in [5.74, 6) is -0.139. The van der Waals surface area contributed by atoms with E-state index in [0.29, 0.717) is 28.9 Å². The van der Waals surface area contributed by atoms with Crippen molar-refractivity contribution in [3.63, 3.8) is 0 Å². The molecule has 0 bridgehead atoms. The SMILES string of the molecule is CCCN(Cc1nc2cc(Cl)ccc2c(=O)[nH]1)C(=O)c1ccc(N)c([N+](=O)[O-])c1. The molecule has 0 saturated carbocycles. The lowest BCUT2D eigenvalue weighted by Crippen LogP contribution is -2.33. The van der Waals surface area contributed by atoms with Crippen molar-refractivity contribution in [2.75, 3.05) is 12.3 Å².